The van der Waals surface area contributed by atoms with E-state index in [0.717, 1.165) is 25.3 Å². The van der Waals surface area contributed by atoms with Gasteiger partial charge in [-0.3, -0.25) is 4.79 Å². The van der Waals surface area contributed by atoms with Crippen molar-refractivity contribution in [3.8, 4) is 5.75 Å². The normalized spacial score (nSPS) is 16.0. The maximum absolute atomic E-state index is 12.1. The molecule has 0 bridgehead atoms. The van der Waals surface area contributed by atoms with Crippen LogP contribution in [-0.2, 0) is 0 Å². The molecule has 0 aliphatic carbocycles. The van der Waals surface area contributed by atoms with Gasteiger partial charge in [0, 0.05) is 12.1 Å². The Morgan fingerprint density at radius 2 is 1.82 bits per heavy atom. The van der Waals surface area contributed by atoms with Crippen LogP contribution in [0.1, 0.15) is 49.4 Å². The van der Waals surface area contributed by atoms with Crippen molar-refractivity contribution in [3.05, 3.63) is 29.8 Å². The minimum Gasteiger partial charge on any atom is -0.494 e. The Labute approximate surface area is 133 Å². The molecule has 1 heterocycles. The summed E-state index contributed by atoms with van der Waals surface area (Å²) >= 11 is 0. The second kappa shape index (κ2) is 9.46. The lowest BCUT2D eigenvalue weighted by molar-refractivity contribution is 0.0951. The van der Waals surface area contributed by atoms with Crippen molar-refractivity contribution in [2.45, 2.75) is 39.0 Å². The van der Waals surface area contributed by atoms with Gasteiger partial charge in [-0.1, -0.05) is 12.8 Å². The molecule has 1 aliphatic rings. The summed E-state index contributed by atoms with van der Waals surface area (Å²) in [5.41, 5.74) is 0.693. The number of nitrogens with one attached hydrogen (secondary N) is 1. The van der Waals surface area contributed by atoms with Crippen molar-refractivity contribution >= 4 is 5.91 Å². The lowest BCUT2D eigenvalue weighted by Crippen LogP contribution is -2.30. The van der Waals surface area contributed by atoms with Crippen molar-refractivity contribution in [1.29, 1.82) is 0 Å². The van der Waals surface area contributed by atoms with Crippen molar-refractivity contribution in [2.75, 3.05) is 32.8 Å². The van der Waals surface area contributed by atoms with Crippen LogP contribution in [0.5, 0.6) is 5.75 Å². The molecule has 0 radical (unpaired) electrons. The summed E-state index contributed by atoms with van der Waals surface area (Å²) in [5.74, 6) is 0.805. The maximum atomic E-state index is 12.1. The van der Waals surface area contributed by atoms with Gasteiger partial charge in [-0.05, 0) is 70.1 Å². The summed E-state index contributed by atoms with van der Waals surface area (Å²) in [6, 6.07) is 7.32. The Balaban J connectivity index is 1.66. The molecule has 4 heteroatoms. The number of amides is 1. The summed E-state index contributed by atoms with van der Waals surface area (Å²) in [6.07, 6.45) is 6.38. The molecule has 0 saturated carbocycles. The molecule has 122 valence electrons. The molecule has 2 rings (SSSR count). The summed E-state index contributed by atoms with van der Waals surface area (Å²) in [7, 11) is 0. The van der Waals surface area contributed by atoms with Crippen molar-refractivity contribution in [2.24, 2.45) is 0 Å². The Hall–Kier alpha value is -1.55. The van der Waals surface area contributed by atoms with Gasteiger partial charge in [0.1, 0.15) is 5.75 Å². The predicted octanol–water partition coefficient (Wildman–Crippen LogP) is 3.08. The van der Waals surface area contributed by atoms with Gasteiger partial charge in [0.25, 0.3) is 5.91 Å². The van der Waals surface area contributed by atoms with E-state index in [-0.39, 0.29) is 5.91 Å². The molecule has 1 aromatic carbocycles. The van der Waals surface area contributed by atoms with Crippen LogP contribution >= 0.6 is 0 Å². The van der Waals surface area contributed by atoms with Crippen LogP contribution in [-0.4, -0.2) is 43.6 Å². The number of ether oxygens (including phenoxy) is 1. The molecule has 0 aromatic heterocycles. The third-order valence-electron chi connectivity index (χ3n) is 4.06. The van der Waals surface area contributed by atoms with Crippen LogP contribution in [0.3, 0.4) is 0 Å². The van der Waals surface area contributed by atoms with E-state index in [1.54, 1.807) is 0 Å². The highest BCUT2D eigenvalue weighted by molar-refractivity contribution is 5.94. The monoisotopic (exact) mass is 304 g/mol. The van der Waals surface area contributed by atoms with E-state index in [0.29, 0.717) is 12.2 Å². The molecular formula is C18H28N2O2. The molecule has 0 atom stereocenters. The average molecular weight is 304 g/mol. The standard InChI is InChI=1S/C18H28N2O2/c1-2-22-17-10-8-16(9-11-17)18(21)19-12-7-15-20-13-5-3-4-6-14-20/h8-11H,2-7,12-15H2,1H3,(H,19,21). The smallest absolute Gasteiger partial charge is 0.251 e. The fraction of sp³-hybridized carbons (Fsp3) is 0.611. The largest absolute Gasteiger partial charge is 0.494 e. The van der Waals surface area contributed by atoms with Crippen molar-refractivity contribution in [1.82, 2.24) is 10.2 Å². The minimum absolute atomic E-state index is 0.00100. The predicted molar refractivity (Wildman–Crippen MR) is 89.5 cm³/mol. The van der Waals surface area contributed by atoms with Gasteiger partial charge in [0.2, 0.25) is 0 Å². The van der Waals surface area contributed by atoms with Gasteiger partial charge in [-0.2, -0.15) is 0 Å². The second-order valence-corrected chi connectivity index (χ2v) is 5.82. The molecule has 0 unspecified atom stereocenters. The summed E-state index contributed by atoms with van der Waals surface area (Å²) in [6.45, 7) is 6.85. The van der Waals surface area contributed by atoms with Crippen molar-refractivity contribution < 1.29 is 9.53 Å². The SMILES string of the molecule is CCOc1ccc(C(=O)NCCCN2CCCCCC2)cc1. The third kappa shape index (κ3) is 5.68. The summed E-state index contributed by atoms with van der Waals surface area (Å²) in [5, 5.41) is 3.00. The van der Waals surface area contributed by atoms with Gasteiger partial charge >= 0.3 is 0 Å². The van der Waals surface area contributed by atoms with E-state index in [2.05, 4.69) is 10.2 Å². The van der Waals surface area contributed by atoms with Crippen LogP contribution in [0.4, 0.5) is 0 Å². The number of carbonyl (C=O) groups is 1. The van der Waals surface area contributed by atoms with Crippen LogP contribution in [0, 0.1) is 0 Å². The number of rotatable bonds is 7. The minimum atomic E-state index is -0.00100. The lowest BCUT2D eigenvalue weighted by atomic mass is 10.2. The Morgan fingerprint density at radius 1 is 1.14 bits per heavy atom. The number of likely N-dealkylation sites (tertiary alicyclic amines) is 1. The molecule has 1 aliphatic heterocycles. The van der Waals surface area contributed by atoms with Gasteiger partial charge in [-0.25, -0.2) is 0 Å². The van der Waals surface area contributed by atoms with E-state index >= 15 is 0 Å². The number of carbonyl (C=O) groups excluding carboxylic acids is 1. The summed E-state index contributed by atoms with van der Waals surface area (Å²) in [4.78, 5) is 14.6. The molecular weight excluding hydrogens is 276 g/mol. The highest BCUT2D eigenvalue weighted by atomic mass is 16.5. The quantitative estimate of drug-likeness (QED) is 0.787. The zero-order chi connectivity index (χ0) is 15.6. The Kier molecular flexibility index (Phi) is 7.23. The van der Waals surface area contributed by atoms with Crippen LogP contribution < -0.4 is 10.1 Å². The molecule has 1 fully saturated rings. The highest BCUT2D eigenvalue weighted by Gasteiger charge is 2.09. The Bertz CT molecular complexity index is 437. The van der Waals surface area contributed by atoms with Crippen LogP contribution in [0.15, 0.2) is 24.3 Å². The highest BCUT2D eigenvalue weighted by Crippen LogP contribution is 2.12. The summed E-state index contributed by atoms with van der Waals surface area (Å²) < 4.78 is 5.38. The molecule has 0 spiro atoms. The first kappa shape index (κ1) is 16.8. The topological polar surface area (TPSA) is 41.6 Å². The average Bonchev–Trinajstić information content (AvgIpc) is 2.81. The first-order chi connectivity index (χ1) is 10.8. The van der Waals surface area contributed by atoms with Gasteiger partial charge in [-0.15, -0.1) is 0 Å². The number of hydrogen-bond donors (Lipinski definition) is 1. The fourth-order valence-corrected chi connectivity index (χ4v) is 2.84. The Morgan fingerprint density at radius 3 is 2.45 bits per heavy atom. The van der Waals surface area contributed by atoms with E-state index in [1.807, 2.05) is 31.2 Å². The number of benzene rings is 1. The first-order valence-electron chi connectivity index (χ1n) is 8.53. The van der Waals surface area contributed by atoms with Gasteiger partial charge in [0.05, 0.1) is 6.61 Å². The lowest BCUT2D eigenvalue weighted by Gasteiger charge is -2.19. The van der Waals surface area contributed by atoms with Gasteiger partial charge in [0.15, 0.2) is 0 Å². The third-order valence-corrected chi connectivity index (χ3v) is 4.06. The molecule has 1 aromatic rings. The van der Waals surface area contributed by atoms with Gasteiger partial charge < -0.3 is 15.0 Å². The number of nitrogens with zero attached hydrogens (tertiary/aromatic N) is 1. The molecule has 22 heavy (non-hydrogen) atoms. The first-order valence-corrected chi connectivity index (χ1v) is 8.53. The van der Waals surface area contributed by atoms with E-state index in [4.69, 9.17) is 4.74 Å². The fourth-order valence-electron chi connectivity index (χ4n) is 2.84. The van der Waals surface area contributed by atoms with Crippen LogP contribution in [0.25, 0.3) is 0 Å². The van der Waals surface area contributed by atoms with E-state index in [1.165, 1.54) is 38.8 Å². The maximum Gasteiger partial charge on any atom is 0.251 e. The zero-order valence-electron chi connectivity index (χ0n) is 13.6. The molecule has 1 amide bonds. The zero-order valence-corrected chi connectivity index (χ0v) is 13.6. The number of hydrogen-bond acceptors (Lipinski definition) is 3. The molecule has 4 nitrogen and oxygen atoms in total. The van der Waals surface area contributed by atoms with Crippen LogP contribution in [0.2, 0.25) is 0 Å². The van der Waals surface area contributed by atoms with E-state index in [9.17, 15) is 4.79 Å². The second-order valence-electron chi connectivity index (χ2n) is 5.82. The molecule has 1 N–H and O–H groups in total. The molecule has 1 saturated heterocycles. The van der Waals surface area contributed by atoms with Crippen molar-refractivity contribution in [3.63, 3.8) is 0 Å². The van der Waals surface area contributed by atoms with E-state index < -0.39 is 0 Å².